The maximum Gasteiger partial charge on any atom is 0.337 e. The van der Waals surface area contributed by atoms with Gasteiger partial charge in [-0.2, -0.15) is 0 Å². The minimum atomic E-state index is -3.00. The largest absolute Gasteiger partial charge is 0.481 e. The van der Waals surface area contributed by atoms with Crippen molar-refractivity contribution in [3.63, 3.8) is 0 Å². The summed E-state index contributed by atoms with van der Waals surface area (Å²) in [5.41, 5.74) is -2.50. The Labute approximate surface area is 241 Å². The predicted octanol–water partition coefficient (Wildman–Crippen LogP) is 3.93. The van der Waals surface area contributed by atoms with E-state index in [0.29, 0.717) is 31.2 Å². The molecule has 0 aliphatic rings. The summed E-state index contributed by atoms with van der Waals surface area (Å²) in [6.45, 7) is 2.15. The Kier molecular flexibility index (Phi) is 16.8. The first-order valence-corrected chi connectivity index (χ1v) is 14.3. The van der Waals surface area contributed by atoms with Crippen molar-refractivity contribution in [2.75, 3.05) is 0 Å². The zero-order valence-electron chi connectivity index (χ0n) is 23.8. The third-order valence-electron chi connectivity index (χ3n) is 6.83. The van der Waals surface area contributed by atoms with Crippen LogP contribution in [0.3, 0.4) is 0 Å². The van der Waals surface area contributed by atoms with Gasteiger partial charge in [0.25, 0.3) is 0 Å². The Balaban J connectivity index is 2.74. The number of hydrogen-bond acceptors (Lipinski definition) is 7. The zero-order valence-corrected chi connectivity index (χ0v) is 23.8. The van der Waals surface area contributed by atoms with E-state index in [1.165, 1.54) is 24.9 Å². The first-order valence-electron chi connectivity index (χ1n) is 14.3. The Bertz CT molecular complexity index is 1010. The van der Waals surface area contributed by atoms with Crippen LogP contribution in [-0.4, -0.2) is 66.7 Å². The predicted molar refractivity (Wildman–Crippen MR) is 151 cm³/mol. The molecular formula is C30H44N2O9. The van der Waals surface area contributed by atoms with Crippen LogP contribution in [0.1, 0.15) is 96.0 Å². The lowest BCUT2D eigenvalue weighted by Crippen LogP contribution is -2.55. The number of nitrogens with one attached hydrogen (secondary N) is 1. The molecule has 1 rings (SSSR count). The fourth-order valence-electron chi connectivity index (χ4n) is 4.45. The number of hydrogen-bond donors (Lipinski definition) is 5. The third-order valence-corrected chi connectivity index (χ3v) is 6.83. The van der Waals surface area contributed by atoms with E-state index in [1.54, 1.807) is 12.1 Å². The summed E-state index contributed by atoms with van der Waals surface area (Å²) in [6, 6.07) is 1.73. The van der Waals surface area contributed by atoms with Crippen LogP contribution in [0.25, 0.3) is 0 Å². The minimum Gasteiger partial charge on any atom is -0.481 e. The van der Waals surface area contributed by atoms with E-state index in [0.717, 1.165) is 51.0 Å². The van der Waals surface area contributed by atoms with E-state index in [1.807, 2.05) is 0 Å². The van der Waals surface area contributed by atoms with Gasteiger partial charge in [0.1, 0.15) is 11.8 Å². The summed E-state index contributed by atoms with van der Waals surface area (Å²) < 4.78 is 0. The van der Waals surface area contributed by atoms with Crippen LogP contribution in [0.4, 0.5) is 0 Å². The zero-order chi connectivity index (χ0) is 30.7. The van der Waals surface area contributed by atoms with Crippen LogP contribution >= 0.6 is 0 Å². The maximum atomic E-state index is 13.1. The highest BCUT2D eigenvalue weighted by molar-refractivity contribution is 5.94. The molecular weight excluding hydrogens is 532 g/mol. The molecule has 0 aliphatic carbocycles. The van der Waals surface area contributed by atoms with Gasteiger partial charge >= 0.3 is 17.9 Å². The molecule has 0 radical (unpaired) electrons. The molecule has 1 amide bonds. The topological polar surface area (TPSA) is 191 Å². The summed E-state index contributed by atoms with van der Waals surface area (Å²) in [5.74, 6) is -7.67. The van der Waals surface area contributed by atoms with Crippen LogP contribution in [0.5, 0.6) is 0 Å². The molecule has 0 spiro atoms. The first kappa shape index (κ1) is 35.4. The number of nitrogens with zero attached hydrogens (tertiary/aromatic N) is 1. The van der Waals surface area contributed by atoms with Gasteiger partial charge in [0.2, 0.25) is 5.91 Å². The van der Waals surface area contributed by atoms with Crippen LogP contribution in [-0.2, 0) is 30.4 Å². The molecule has 0 bridgehead atoms. The van der Waals surface area contributed by atoms with Crippen molar-refractivity contribution in [3.8, 4) is 0 Å². The SMILES string of the molecule is CCCCCCCC(=O)CCCCCC/C=C/[C@H](C(=O)N[C@@H](Cc1cccnc1)C(=O)O)[C@@](O)(CC(=O)O)C(=O)O. The van der Waals surface area contributed by atoms with Crippen LogP contribution < -0.4 is 5.32 Å². The number of rotatable bonds is 23. The number of allylic oxidation sites excluding steroid dienone is 1. The lowest BCUT2D eigenvalue weighted by molar-refractivity contribution is -0.172. The number of aromatic nitrogens is 1. The summed E-state index contributed by atoms with van der Waals surface area (Å²) >= 11 is 0. The van der Waals surface area contributed by atoms with Gasteiger partial charge in [0.05, 0.1) is 12.3 Å². The van der Waals surface area contributed by atoms with E-state index in [2.05, 4.69) is 17.2 Å². The summed E-state index contributed by atoms with van der Waals surface area (Å²) in [7, 11) is 0. The number of ketones is 1. The van der Waals surface area contributed by atoms with Crippen molar-refractivity contribution in [2.24, 2.45) is 5.92 Å². The standard InChI is InChI=1S/C30H44N2O9/c1-2-3-4-7-10-15-23(33)16-11-8-5-6-9-12-17-24(30(41,29(39)40)20-26(34)35)27(36)32-25(28(37)38)19-22-14-13-18-31-21-22/h12-14,17-18,21,24-25,41H,2-11,15-16,19-20H2,1H3,(H,32,36)(H,34,35)(H,37,38)(H,39,40)/b17-12+/t24-,25+,30+/m1/s1. The number of pyridine rings is 1. The summed E-state index contributed by atoms with van der Waals surface area (Å²) in [4.78, 5) is 64.0. The van der Waals surface area contributed by atoms with Crippen molar-refractivity contribution in [1.82, 2.24) is 10.3 Å². The molecule has 1 heterocycles. The minimum absolute atomic E-state index is 0.156. The number of aliphatic hydroxyl groups is 1. The second kappa shape index (κ2) is 19.5. The fourth-order valence-corrected chi connectivity index (χ4v) is 4.45. The molecule has 0 saturated heterocycles. The van der Waals surface area contributed by atoms with Gasteiger partial charge in [-0.25, -0.2) is 9.59 Å². The molecule has 0 unspecified atom stereocenters. The highest BCUT2D eigenvalue weighted by Gasteiger charge is 2.49. The quantitative estimate of drug-likeness (QED) is 0.0942. The van der Waals surface area contributed by atoms with Crippen molar-refractivity contribution >= 4 is 29.6 Å². The number of Topliss-reactive ketones (excluding diaryl/α,β-unsaturated/α-hetero) is 1. The second-order valence-electron chi connectivity index (χ2n) is 10.3. The average molecular weight is 577 g/mol. The third kappa shape index (κ3) is 14.0. The Morgan fingerprint density at radius 2 is 1.59 bits per heavy atom. The molecule has 0 saturated carbocycles. The van der Waals surface area contributed by atoms with Crippen molar-refractivity contribution in [3.05, 3.63) is 42.2 Å². The number of unbranched alkanes of at least 4 members (excludes halogenated alkanes) is 8. The van der Waals surface area contributed by atoms with E-state index >= 15 is 0 Å². The fraction of sp³-hybridized carbons (Fsp3) is 0.600. The lowest BCUT2D eigenvalue weighted by atomic mass is 9.82. The number of carbonyl (C=O) groups excluding carboxylic acids is 2. The van der Waals surface area contributed by atoms with Gasteiger partial charge in [-0.05, 0) is 37.3 Å². The normalized spacial score (nSPS) is 14.2. The van der Waals surface area contributed by atoms with Crippen molar-refractivity contribution in [1.29, 1.82) is 0 Å². The number of carboxylic acids is 3. The molecule has 11 heteroatoms. The van der Waals surface area contributed by atoms with Gasteiger partial charge < -0.3 is 25.7 Å². The van der Waals surface area contributed by atoms with Crippen LogP contribution in [0, 0.1) is 5.92 Å². The first-order chi connectivity index (χ1) is 19.5. The van der Waals surface area contributed by atoms with Gasteiger partial charge in [-0.1, -0.05) is 63.7 Å². The lowest BCUT2D eigenvalue weighted by Gasteiger charge is -2.29. The highest BCUT2D eigenvalue weighted by atomic mass is 16.4. The smallest absolute Gasteiger partial charge is 0.337 e. The van der Waals surface area contributed by atoms with Gasteiger partial charge in [0.15, 0.2) is 5.60 Å². The average Bonchev–Trinajstić information content (AvgIpc) is 2.91. The molecule has 3 atom stereocenters. The molecule has 0 fully saturated rings. The molecule has 5 N–H and O–H groups in total. The monoisotopic (exact) mass is 576 g/mol. The van der Waals surface area contributed by atoms with Crippen LogP contribution in [0.2, 0.25) is 0 Å². The van der Waals surface area contributed by atoms with E-state index in [9.17, 15) is 44.4 Å². The van der Waals surface area contributed by atoms with Gasteiger partial charge in [-0.3, -0.25) is 19.4 Å². The number of carboxylic acid groups (broad SMARTS) is 3. The number of aliphatic carboxylic acids is 3. The molecule has 1 aromatic rings. The highest BCUT2D eigenvalue weighted by Crippen LogP contribution is 2.25. The Morgan fingerprint density at radius 1 is 0.951 bits per heavy atom. The Hall–Kier alpha value is -3.60. The number of carbonyl (C=O) groups is 5. The summed E-state index contributed by atoms with van der Waals surface area (Å²) in [6.07, 6.45) is 14.2. The van der Waals surface area contributed by atoms with Gasteiger partial charge in [0, 0.05) is 31.7 Å². The molecule has 1 aromatic heterocycles. The molecule has 228 valence electrons. The molecule has 41 heavy (non-hydrogen) atoms. The van der Waals surface area contributed by atoms with E-state index in [-0.39, 0.29) is 12.2 Å². The van der Waals surface area contributed by atoms with Gasteiger partial charge in [-0.15, -0.1) is 0 Å². The maximum absolute atomic E-state index is 13.1. The van der Waals surface area contributed by atoms with E-state index < -0.39 is 47.8 Å². The van der Waals surface area contributed by atoms with Crippen LogP contribution in [0.15, 0.2) is 36.7 Å². The van der Waals surface area contributed by atoms with E-state index in [4.69, 9.17) is 0 Å². The number of amides is 1. The molecule has 11 nitrogen and oxygen atoms in total. The van der Waals surface area contributed by atoms with Crippen molar-refractivity contribution < 1.29 is 44.4 Å². The second-order valence-corrected chi connectivity index (χ2v) is 10.3. The molecule has 0 aromatic carbocycles. The molecule has 0 aliphatic heterocycles. The van der Waals surface area contributed by atoms with Crippen molar-refractivity contribution in [2.45, 2.75) is 108 Å². The Morgan fingerprint density at radius 3 is 2.12 bits per heavy atom. The summed E-state index contributed by atoms with van der Waals surface area (Å²) in [5, 5.41) is 41.5.